The molecule has 0 bridgehead atoms. The molecule has 2 aliphatic heterocycles. The number of imidazole rings is 1. The van der Waals surface area contributed by atoms with E-state index in [1.165, 1.54) is 6.21 Å². The van der Waals surface area contributed by atoms with E-state index < -0.39 is 30.3 Å². The van der Waals surface area contributed by atoms with Crippen LogP contribution in [-0.4, -0.2) is 67.1 Å². The Morgan fingerprint density at radius 2 is 1.95 bits per heavy atom. The number of anilines is 1. The molecule has 1 saturated carbocycles. The fraction of sp³-hybridized carbons (Fsp3) is 0.480. The van der Waals surface area contributed by atoms with Crippen molar-refractivity contribution in [3.05, 3.63) is 42.2 Å². The van der Waals surface area contributed by atoms with Crippen molar-refractivity contribution in [2.45, 2.75) is 76.0 Å². The van der Waals surface area contributed by atoms with E-state index in [0.29, 0.717) is 16.7 Å². The van der Waals surface area contributed by atoms with Crippen LogP contribution in [0.15, 0.2) is 41.8 Å². The number of carbonyl (C=O) groups is 1. The normalized spacial score (nSPS) is 27.2. The second-order valence-electron chi connectivity index (χ2n) is 9.84. The second kappa shape index (κ2) is 9.36. The Kier molecular flexibility index (Phi) is 6.01. The van der Waals surface area contributed by atoms with E-state index in [1.54, 1.807) is 35.2 Å². The lowest BCUT2D eigenvalue weighted by Crippen LogP contribution is -2.30. The molecule has 12 nitrogen and oxygen atoms in total. The van der Waals surface area contributed by atoms with Gasteiger partial charge in [0.15, 0.2) is 29.0 Å². The molecule has 3 aliphatic rings. The Bertz CT molecular complexity index is 1320. The molecule has 1 aliphatic carbocycles. The summed E-state index contributed by atoms with van der Waals surface area (Å²) in [4.78, 5) is 26.7. The van der Waals surface area contributed by atoms with Gasteiger partial charge in [0.05, 0.1) is 12.5 Å². The van der Waals surface area contributed by atoms with Gasteiger partial charge in [0.1, 0.15) is 24.4 Å². The number of benzene rings is 1. The van der Waals surface area contributed by atoms with Crippen molar-refractivity contribution in [3.8, 4) is 6.01 Å². The topological polar surface area (TPSA) is 142 Å². The van der Waals surface area contributed by atoms with Gasteiger partial charge in [-0.1, -0.05) is 23.4 Å². The van der Waals surface area contributed by atoms with Gasteiger partial charge in [-0.2, -0.15) is 9.97 Å². The average molecular weight is 509 g/mol. The Morgan fingerprint density at radius 1 is 1.19 bits per heavy atom. The lowest BCUT2D eigenvalue weighted by atomic mass is 10.1. The number of amides is 1. The molecule has 3 aromatic rings. The SMILES string of the molecule is CC1(C)O[C@@H]2[C@H](O1)[C@@H](/C=N/O)O[C@H]2n1cnc2c(NC(=O)c3ccccc3)nc(OC3CCCC3)nc21. The predicted molar refractivity (Wildman–Crippen MR) is 131 cm³/mol. The number of rotatable bonds is 6. The lowest BCUT2D eigenvalue weighted by Gasteiger charge is -2.23. The van der Waals surface area contributed by atoms with Gasteiger partial charge in [-0.3, -0.25) is 9.36 Å². The summed E-state index contributed by atoms with van der Waals surface area (Å²) in [6, 6.07) is 9.01. The van der Waals surface area contributed by atoms with Crippen LogP contribution in [0.1, 0.15) is 56.1 Å². The summed E-state index contributed by atoms with van der Waals surface area (Å²) in [7, 11) is 0. The first-order valence-corrected chi connectivity index (χ1v) is 12.4. The molecular formula is C25H28N6O6. The van der Waals surface area contributed by atoms with Crippen LogP contribution in [0.5, 0.6) is 6.01 Å². The second-order valence-corrected chi connectivity index (χ2v) is 9.84. The maximum Gasteiger partial charge on any atom is 0.320 e. The first-order valence-electron chi connectivity index (χ1n) is 12.4. The molecule has 0 radical (unpaired) electrons. The van der Waals surface area contributed by atoms with Crippen LogP contribution < -0.4 is 10.1 Å². The van der Waals surface area contributed by atoms with Gasteiger partial charge in [-0.15, -0.1) is 0 Å². The maximum absolute atomic E-state index is 13.0. The fourth-order valence-corrected chi connectivity index (χ4v) is 5.16. The summed E-state index contributed by atoms with van der Waals surface area (Å²) in [5, 5.41) is 15.2. The molecule has 3 fully saturated rings. The zero-order chi connectivity index (χ0) is 25.6. The first kappa shape index (κ1) is 23.8. The van der Waals surface area contributed by atoms with Crippen LogP contribution in [0.25, 0.3) is 11.2 Å². The molecule has 2 N–H and O–H groups in total. The van der Waals surface area contributed by atoms with Gasteiger partial charge in [-0.05, 0) is 51.7 Å². The highest BCUT2D eigenvalue weighted by molar-refractivity contribution is 6.06. The molecule has 2 saturated heterocycles. The number of oxime groups is 1. The van der Waals surface area contributed by atoms with Gasteiger partial charge in [0.2, 0.25) is 0 Å². The van der Waals surface area contributed by atoms with E-state index in [-0.39, 0.29) is 23.8 Å². The highest BCUT2D eigenvalue weighted by atomic mass is 16.8. The minimum atomic E-state index is -0.851. The van der Waals surface area contributed by atoms with Crippen LogP contribution in [0, 0.1) is 0 Å². The third-order valence-corrected chi connectivity index (χ3v) is 6.80. The minimum Gasteiger partial charge on any atom is -0.460 e. The van der Waals surface area contributed by atoms with Crippen molar-refractivity contribution >= 4 is 29.1 Å². The molecule has 37 heavy (non-hydrogen) atoms. The maximum atomic E-state index is 13.0. The molecule has 0 unspecified atom stereocenters. The average Bonchev–Trinajstić information content (AvgIpc) is 3.65. The summed E-state index contributed by atoms with van der Waals surface area (Å²) in [6.45, 7) is 3.63. The smallest absolute Gasteiger partial charge is 0.320 e. The Labute approximate surface area is 212 Å². The van der Waals surface area contributed by atoms with Crippen molar-refractivity contribution < 1.29 is 28.9 Å². The minimum absolute atomic E-state index is 0.0103. The number of nitrogens with one attached hydrogen (secondary N) is 1. The Morgan fingerprint density at radius 3 is 2.70 bits per heavy atom. The van der Waals surface area contributed by atoms with E-state index in [1.807, 2.05) is 19.9 Å². The van der Waals surface area contributed by atoms with E-state index in [2.05, 4.69) is 25.4 Å². The molecule has 1 amide bonds. The van der Waals surface area contributed by atoms with Crippen LogP contribution in [0.3, 0.4) is 0 Å². The van der Waals surface area contributed by atoms with Crippen molar-refractivity contribution in [1.29, 1.82) is 0 Å². The van der Waals surface area contributed by atoms with Gasteiger partial charge in [0, 0.05) is 5.56 Å². The molecular weight excluding hydrogens is 480 g/mol. The number of nitrogens with zero attached hydrogens (tertiary/aromatic N) is 5. The molecule has 194 valence electrons. The number of hydrogen-bond donors (Lipinski definition) is 2. The van der Waals surface area contributed by atoms with Crippen molar-refractivity contribution in [2.75, 3.05) is 5.32 Å². The molecule has 6 rings (SSSR count). The number of ether oxygens (including phenoxy) is 4. The standard InChI is InChI=1S/C25H28N6O6/c1-25(2)36-18-16(12-27-33)35-23(19(18)37-25)31-13-26-17-20(28-22(32)14-8-4-3-5-9-14)29-24(30-21(17)31)34-15-10-6-7-11-15/h3-5,8-9,12-13,15-16,18-19,23,33H,6-7,10-11H2,1-2H3,(H,28,29,30,32)/b27-12+/t16-,18-,19-,23-/m1/s1. The van der Waals surface area contributed by atoms with E-state index in [0.717, 1.165) is 25.7 Å². The summed E-state index contributed by atoms with van der Waals surface area (Å²) >= 11 is 0. The highest BCUT2D eigenvalue weighted by Gasteiger charge is 2.56. The van der Waals surface area contributed by atoms with Gasteiger partial charge < -0.3 is 29.5 Å². The lowest BCUT2D eigenvalue weighted by molar-refractivity contribution is -0.188. The van der Waals surface area contributed by atoms with E-state index in [4.69, 9.17) is 24.2 Å². The number of aromatic nitrogens is 4. The predicted octanol–water partition coefficient (Wildman–Crippen LogP) is 3.28. The zero-order valence-corrected chi connectivity index (χ0v) is 20.5. The molecule has 12 heteroatoms. The number of carbonyl (C=O) groups excluding carboxylic acids is 1. The van der Waals surface area contributed by atoms with Crippen LogP contribution in [-0.2, 0) is 14.2 Å². The van der Waals surface area contributed by atoms with Crippen molar-refractivity contribution in [1.82, 2.24) is 19.5 Å². The van der Waals surface area contributed by atoms with Gasteiger partial charge >= 0.3 is 6.01 Å². The monoisotopic (exact) mass is 508 g/mol. The summed E-state index contributed by atoms with van der Waals surface area (Å²) < 4.78 is 26.1. The van der Waals surface area contributed by atoms with E-state index in [9.17, 15) is 4.79 Å². The number of hydrogen-bond acceptors (Lipinski definition) is 10. The number of fused-ring (bicyclic) bond motifs is 2. The van der Waals surface area contributed by atoms with Gasteiger partial charge in [0.25, 0.3) is 5.91 Å². The molecule has 1 aromatic carbocycles. The quantitative estimate of drug-likeness (QED) is 0.291. The highest BCUT2D eigenvalue weighted by Crippen LogP contribution is 2.43. The van der Waals surface area contributed by atoms with Crippen molar-refractivity contribution in [3.63, 3.8) is 0 Å². The molecule has 0 spiro atoms. The van der Waals surface area contributed by atoms with Crippen LogP contribution in [0.2, 0.25) is 0 Å². The Balaban J connectivity index is 1.39. The fourth-order valence-electron chi connectivity index (χ4n) is 5.16. The first-order chi connectivity index (χ1) is 17.9. The molecule has 2 aromatic heterocycles. The molecule has 4 atom stereocenters. The zero-order valence-electron chi connectivity index (χ0n) is 20.5. The van der Waals surface area contributed by atoms with Crippen molar-refractivity contribution in [2.24, 2.45) is 5.16 Å². The summed E-state index contributed by atoms with van der Waals surface area (Å²) in [5.74, 6) is -0.944. The van der Waals surface area contributed by atoms with E-state index >= 15 is 0 Å². The van der Waals surface area contributed by atoms with Gasteiger partial charge in [-0.25, -0.2) is 4.98 Å². The summed E-state index contributed by atoms with van der Waals surface area (Å²) in [5.41, 5.74) is 1.27. The van der Waals surface area contributed by atoms with Crippen LogP contribution >= 0.6 is 0 Å². The Hall–Kier alpha value is -3.61. The molecule has 4 heterocycles. The summed E-state index contributed by atoms with van der Waals surface area (Å²) in [6.07, 6.45) is 4.51. The van der Waals surface area contributed by atoms with Crippen LogP contribution in [0.4, 0.5) is 5.82 Å². The largest absolute Gasteiger partial charge is 0.460 e. The third-order valence-electron chi connectivity index (χ3n) is 6.80. The third kappa shape index (κ3) is 4.52.